The average Bonchev–Trinajstić information content (AvgIpc) is 3.56. The Morgan fingerprint density at radius 3 is 2.07 bits per heavy atom. The largest absolute Gasteiger partial charge is 0.480 e. The Morgan fingerprint density at radius 1 is 0.853 bits per heavy atom. The van der Waals surface area contributed by atoms with Crippen molar-refractivity contribution in [3.8, 4) is 0 Å². The van der Waals surface area contributed by atoms with E-state index in [-0.39, 0.29) is 59.7 Å². The molecule has 68 heavy (non-hydrogen) atoms. The molecular formula is C44H60N3O15S6+. The molecule has 2 heterocycles. The molecule has 1 aliphatic carbocycles. The highest BCUT2D eigenvalue weighted by molar-refractivity contribution is 8.00. The zero-order valence-electron chi connectivity index (χ0n) is 38.4. The first kappa shape index (κ1) is 55.3. The van der Waals surface area contributed by atoms with Crippen molar-refractivity contribution in [3.05, 3.63) is 83.1 Å². The summed E-state index contributed by atoms with van der Waals surface area (Å²) < 4.78 is 137. The molecule has 3 atom stereocenters. The van der Waals surface area contributed by atoms with Crippen LogP contribution < -0.4 is 10.2 Å². The Kier molecular flexibility index (Phi) is 17.8. The van der Waals surface area contributed by atoms with Crippen LogP contribution in [0.2, 0.25) is 0 Å². The molecule has 2 unspecified atom stereocenters. The molecule has 1 fully saturated rings. The Hall–Kier alpha value is -3.59. The second kappa shape index (κ2) is 21.8. The van der Waals surface area contributed by atoms with Gasteiger partial charge in [-0.25, -0.2) is 4.79 Å². The second-order valence-electron chi connectivity index (χ2n) is 18.0. The van der Waals surface area contributed by atoms with E-state index in [1.807, 2.05) is 67.7 Å². The van der Waals surface area contributed by atoms with Gasteiger partial charge in [0.1, 0.15) is 12.6 Å². The third-order valence-corrected chi connectivity index (χ3v) is 17.9. The van der Waals surface area contributed by atoms with Gasteiger partial charge in [0.2, 0.25) is 11.6 Å². The van der Waals surface area contributed by atoms with E-state index < -0.39 is 80.7 Å². The molecule has 24 heteroatoms. The van der Waals surface area contributed by atoms with E-state index in [0.29, 0.717) is 58.3 Å². The van der Waals surface area contributed by atoms with E-state index >= 15 is 0 Å². The van der Waals surface area contributed by atoms with Crippen LogP contribution in [0.15, 0.2) is 81.8 Å². The third-order valence-electron chi connectivity index (χ3n) is 12.5. The van der Waals surface area contributed by atoms with Crippen molar-refractivity contribution in [1.82, 2.24) is 5.32 Å². The summed E-state index contributed by atoms with van der Waals surface area (Å²) >= 11 is 2.97. The molecule has 2 aromatic carbocycles. The number of hydrogen-bond donors (Lipinski definition) is 6. The highest BCUT2D eigenvalue weighted by Crippen LogP contribution is 2.49. The molecule has 2 aliphatic heterocycles. The fraction of sp³-hybridized carbons (Fsp3) is 0.523. The van der Waals surface area contributed by atoms with Gasteiger partial charge in [-0.3, -0.25) is 23.0 Å². The minimum Gasteiger partial charge on any atom is -0.480 e. The van der Waals surface area contributed by atoms with Crippen molar-refractivity contribution in [2.45, 2.75) is 105 Å². The Bertz CT molecular complexity index is 2850. The summed E-state index contributed by atoms with van der Waals surface area (Å²) in [6.07, 6.45) is 12.0. The lowest BCUT2D eigenvalue weighted by Crippen LogP contribution is -2.41. The highest BCUT2D eigenvalue weighted by atomic mass is 32.2. The van der Waals surface area contributed by atoms with Crippen molar-refractivity contribution in [2.75, 3.05) is 47.3 Å². The Balaban J connectivity index is 1.58. The van der Waals surface area contributed by atoms with Crippen LogP contribution in [-0.4, -0.2) is 133 Å². The molecular weight excluding hydrogens is 1000 g/mol. The molecule has 0 aromatic heterocycles. The predicted molar refractivity (Wildman–Crippen MR) is 264 cm³/mol. The maximum atomic E-state index is 13.2. The molecule has 2 aromatic rings. The van der Waals surface area contributed by atoms with Crippen LogP contribution in [-0.2, 0) is 60.9 Å². The van der Waals surface area contributed by atoms with E-state index in [9.17, 15) is 66.6 Å². The first-order chi connectivity index (χ1) is 31.5. The van der Waals surface area contributed by atoms with Crippen LogP contribution in [0, 0.1) is 5.92 Å². The lowest BCUT2D eigenvalue weighted by Gasteiger charge is -2.32. The number of thioether (sulfide) groups is 2. The minimum absolute atomic E-state index is 0.00631. The van der Waals surface area contributed by atoms with Gasteiger partial charge in [0.05, 0.1) is 26.7 Å². The highest BCUT2D eigenvalue weighted by Gasteiger charge is 2.46. The van der Waals surface area contributed by atoms with E-state index in [1.54, 1.807) is 12.1 Å². The molecule has 0 bridgehead atoms. The quantitative estimate of drug-likeness (QED) is 0.0592. The number of benzene rings is 2. The van der Waals surface area contributed by atoms with Crippen LogP contribution in [0.25, 0.3) is 0 Å². The number of carboxylic acid groups (broad SMARTS) is 1. The minimum atomic E-state index is -4.58. The standard InChI is InChI=1S/C44H59N3O15S6/c1-43(2)33-27-31(67(57,58)59)13-15-36(33)46(21-7-25-65(51,52)53)38(43)17-11-29-9-6-10-30(41(29)64-24-20-40(48)45-35(42(49)50)19-23-63-5)12-18-39-44(3,4)34-28-32(68(60,61)62)14-16-37(34)47(39)22-8-26-66(54,55)56/h11-18,27-29,35,41H,6-10,19-26H2,1-5H3,(H5-,45,48,49,50,51,52,53,54,55,56,57,58,59,60,61,62)/p+1/b17-11+,30-12+,39-18+/t29?,35-,41?/m1/s1. The first-order valence-electron chi connectivity index (χ1n) is 21.7. The van der Waals surface area contributed by atoms with Crippen molar-refractivity contribution in [3.63, 3.8) is 0 Å². The summed E-state index contributed by atoms with van der Waals surface area (Å²) in [5.74, 6) is -1.96. The lowest BCUT2D eigenvalue weighted by molar-refractivity contribution is -0.437. The fourth-order valence-electron chi connectivity index (χ4n) is 9.08. The molecule has 3 aliphatic rings. The average molecular weight is 1060 g/mol. The van der Waals surface area contributed by atoms with Crippen molar-refractivity contribution >= 4 is 93.0 Å². The molecule has 1 amide bonds. The lowest BCUT2D eigenvalue weighted by atomic mass is 9.79. The van der Waals surface area contributed by atoms with Gasteiger partial charge in [0.15, 0.2) is 5.71 Å². The van der Waals surface area contributed by atoms with Gasteiger partial charge in [-0.1, -0.05) is 31.6 Å². The van der Waals surface area contributed by atoms with Gasteiger partial charge in [-0.05, 0) is 106 Å². The topological polar surface area (TPSA) is 290 Å². The molecule has 376 valence electrons. The van der Waals surface area contributed by atoms with Crippen LogP contribution in [0.1, 0.15) is 83.8 Å². The number of rotatable bonds is 22. The van der Waals surface area contributed by atoms with E-state index in [1.165, 1.54) is 47.8 Å². The molecule has 1 saturated carbocycles. The zero-order chi connectivity index (χ0) is 50.6. The number of allylic oxidation sites excluding steroid dienone is 5. The number of hydrogen-bond acceptors (Lipinski definition) is 13. The molecule has 5 rings (SSSR count). The molecule has 0 spiro atoms. The van der Waals surface area contributed by atoms with Crippen molar-refractivity contribution < 1.29 is 71.2 Å². The van der Waals surface area contributed by atoms with Crippen molar-refractivity contribution in [1.29, 1.82) is 0 Å². The molecule has 0 radical (unpaired) electrons. The van der Waals surface area contributed by atoms with Gasteiger partial charge in [-0.15, -0.1) is 0 Å². The maximum absolute atomic E-state index is 13.2. The van der Waals surface area contributed by atoms with Crippen LogP contribution in [0.5, 0.6) is 0 Å². The maximum Gasteiger partial charge on any atom is 0.326 e. The fourth-order valence-corrected chi connectivity index (χ4v) is 13.0. The molecule has 6 N–H and O–H groups in total. The van der Waals surface area contributed by atoms with Gasteiger partial charge in [-0.2, -0.15) is 61.8 Å². The van der Waals surface area contributed by atoms with E-state index in [4.69, 9.17) is 0 Å². The van der Waals surface area contributed by atoms with E-state index in [0.717, 1.165) is 12.0 Å². The monoisotopic (exact) mass is 1060 g/mol. The normalized spacial score (nSPS) is 21.1. The van der Waals surface area contributed by atoms with Crippen LogP contribution in [0.4, 0.5) is 11.4 Å². The number of amides is 1. The number of nitrogens with zero attached hydrogens (tertiary/aromatic N) is 2. The van der Waals surface area contributed by atoms with Crippen LogP contribution in [0.3, 0.4) is 0 Å². The SMILES string of the molecule is CSCC[C@@H](NC(=O)CCSC1/C(=C/C=C2/N(CCCS(=O)(=O)O)c3ccc(S(=O)(=O)O)cc3C2(C)C)CCCC1/C=C/C1=[N+](CCCS(=O)(=O)O)c2ccc(S(=O)(=O)O)cc2C1(C)C)C(=O)O. The number of nitrogens with one attached hydrogen (secondary N) is 1. The summed E-state index contributed by atoms with van der Waals surface area (Å²) in [4.78, 5) is 26.3. The van der Waals surface area contributed by atoms with Gasteiger partial charge >= 0.3 is 5.97 Å². The number of carbonyl (C=O) groups excluding carboxylic acids is 1. The summed E-state index contributed by atoms with van der Waals surface area (Å²) in [5.41, 5.74) is 2.91. The van der Waals surface area contributed by atoms with Crippen LogP contribution >= 0.6 is 23.5 Å². The van der Waals surface area contributed by atoms with Gasteiger partial charge < -0.3 is 15.3 Å². The van der Waals surface area contributed by atoms with E-state index in [2.05, 4.69) is 5.32 Å². The predicted octanol–water partition coefficient (Wildman–Crippen LogP) is 5.89. The number of aliphatic carboxylic acids is 1. The smallest absolute Gasteiger partial charge is 0.326 e. The summed E-state index contributed by atoms with van der Waals surface area (Å²) in [7, 11) is -17.8. The summed E-state index contributed by atoms with van der Waals surface area (Å²) in [5, 5.41) is 12.1. The first-order valence-corrected chi connectivity index (χ1v) is 30.3. The molecule has 18 nitrogen and oxygen atoms in total. The van der Waals surface area contributed by atoms with Gasteiger partial charge in [0.25, 0.3) is 40.5 Å². The summed E-state index contributed by atoms with van der Waals surface area (Å²) in [6.45, 7) is 7.75. The van der Waals surface area contributed by atoms with Crippen molar-refractivity contribution in [2.24, 2.45) is 5.92 Å². The third kappa shape index (κ3) is 13.8. The second-order valence-corrected chi connectivity index (χ2v) is 26.2. The number of carbonyl (C=O) groups is 2. The zero-order valence-corrected chi connectivity index (χ0v) is 43.3. The van der Waals surface area contributed by atoms with Gasteiger partial charge in [0, 0.05) is 64.9 Å². The molecule has 0 saturated heterocycles. The number of fused-ring (bicyclic) bond motifs is 2. The number of carboxylic acids is 1. The number of anilines is 1. The Morgan fingerprint density at radius 2 is 1.47 bits per heavy atom. The Labute approximate surface area is 407 Å². The summed E-state index contributed by atoms with van der Waals surface area (Å²) in [6, 6.07) is 7.32.